The molecule has 96 valence electrons. The van der Waals surface area contributed by atoms with E-state index in [0.717, 1.165) is 25.4 Å². The molecule has 3 rings (SSSR count). The van der Waals surface area contributed by atoms with E-state index in [-0.39, 0.29) is 0 Å². The third kappa shape index (κ3) is 1.99. The number of morpholine rings is 1. The van der Waals surface area contributed by atoms with Crippen molar-refractivity contribution in [1.29, 1.82) is 0 Å². The van der Waals surface area contributed by atoms with E-state index in [2.05, 4.69) is 56.2 Å². The summed E-state index contributed by atoms with van der Waals surface area (Å²) in [5, 5.41) is 1.23. The van der Waals surface area contributed by atoms with Crippen LogP contribution in [0, 0.1) is 3.57 Å². The lowest BCUT2D eigenvalue weighted by Crippen LogP contribution is -2.43. The molecule has 0 saturated carbocycles. The summed E-state index contributed by atoms with van der Waals surface area (Å²) in [5.41, 5.74) is 2.24. The van der Waals surface area contributed by atoms with Crippen LogP contribution in [0.4, 0.5) is 5.69 Å². The zero-order valence-electron chi connectivity index (χ0n) is 10.6. The number of hydrogen-bond donors (Lipinski definition) is 0. The first-order chi connectivity index (χ1) is 8.66. The Morgan fingerprint density at radius 3 is 3.11 bits per heavy atom. The fraction of sp³-hybridized carbons (Fsp3) is 0.462. The first kappa shape index (κ1) is 12.2. The molecule has 0 N–H and O–H groups in total. The smallest absolute Gasteiger partial charge is 0.140 e. The second-order valence-electron chi connectivity index (χ2n) is 4.77. The minimum absolute atomic E-state index is 0.416. The largest absolute Gasteiger partial charge is 0.377 e. The van der Waals surface area contributed by atoms with E-state index in [9.17, 15) is 0 Å². The summed E-state index contributed by atoms with van der Waals surface area (Å²) in [7, 11) is 2.04. The van der Waals surface area contributed by atoms with E-state index in [0.29, 0.717) is 6.04 Å². The van der Waals surface area contributed by atoms with Crippen LogP contribution in [0.15, 0.2) is 18.5 Å². The molecule has 1 aliphatic heterocycles. The Labute approximate surface area is 120 Å². The number of hydrogen-bond acceptors (Lipinski definition) is 3. The molecule has 0 aliphatic carbocycles. The Balaban J connectivity index is 2.04. The number of rotatable bonds is 1. The van der Waals surface area contributed by atoms with Crippen molar-refractivity contribution in [3.63, 3.8) is 0 Å². The van der Waals surface area contributed by atoms with Crippen molar-refractivity contribution in [3.05, 3.63) is 22.0 Å². The summed E-state index contributed by atoms with van der Waals surface area (Å²) in [6.45, 7) is 4.73. The highest BCUT2D eigenvalue weighted by Crippen LogP contribution is 2.27. The Hall–Kier alpha value is -0.820. The third-order valence-electron chi connectivity index (χ3n) is 3.45. The van der Waals surface area contributed by atoms with Gasteiger partial charge in [-0.05, 0) is 35.6 Å². The predicted octanol–water partition coefficient (Wildman–Crippen LogP) is 2.40. The van der Waals surface area contributed by atoms with E-state index in [1.54, 1.807) is 0 Å². The molecule has 4 nitrogen and oxygen atoms in total. The molecule has 2 aromatic rings. The molecular weight excluding hydrogens is 341 g/mol. The zero-order chi connectivity index (χ0) is 12.7. The van der Waals surface area contributed by atoms with Gasteiger partial charge in [0.15, 0.2) is 0 Å². The number of nitrogens with zero attached hydrogens (tertiary/aromatic N) is 3. The zero-order valence-corrected chi connectivity index (χ0v) is 12.7. The highest BCUT2D eigenvalue weighted by atomic mass is 127. The second-order valence-corrected chi connectivity index (χ2v) is 5.93. The maximum absolute atomic E-state index is 5.48. The molecule has 0 aromatic carbocycles. The molecule has 0 bridgehead atoms. The average Bonchev–Trinajstić information content (AvgIpc) is 2.65. The molecule has 1 aliphatic rings. The van der Waals surface area contributed by atoms with Gasteiger partial charge in [0.05, 0.1) is 25.1 Å². The van der Waals surface area contributed by atoms with Gasteiger partial charge in [0.1, 0.15) is 5.65 Å². The van der Waals surface area contributed by atoms with Crippen molar-refractivity contribution in [1.82, 2.24) is 9.55 Å². The lowest BCUT2D eigenvalue weighted by atomic mass is 10.2. The van der Waals surface area contributed by atoms with Crippen molar-refractivity contribution in [3.8, 4) is 0 Å². The van der Waals surface area contributed by atoms with Gasteiger partial charge in [0, 0.05) is 34.8 Å². The molecular formula is C13H16IN3O. The molecule has 1 atom stereocenters. The number of aryl methyl sites for hydroxylation is 1. The van der Waals surface area contributed by atoms with Gasteiger partial charge in [0.25, 0.3) is 0 Å². The van der Waals surface area contributed by atoms with Crippen molar-refractivity contribution in [2.45, 2.75) is 13.0 Å². The molecule has 3 heterocycles. The van der Waals surface area contributed by atoms with Crippen LogP contribution < -0.4 is 4.90 Å². The Kier molecular flexibility index (Phi) is 3.19. The summed E-state index contributed by atoms with van der Waals surface area (Å²) in [6, 6.07) is 2.66. The number of anilines is 1. The van der Waals surface area contributed by atoms with Crippen molar-refractivity contribution >= 4 is 39.3 Å². The molecule has 0 spiro atoms. The first-order valence-electron chi connectivity index (χ1n) is 6.12. The van der Waals surface area contributed by atoms with Crippen molar-refractivity contribution < 1.29 is 4.74 Å². The quantitative estimate of drug-likeness (QED) is 0.735. The molecule has 1 fully saturated rings. The highest BCUT2D eigenvalue weighted by molar-refractivity contribution is 14.1. The molecule has 2 aromatic heterocycles. The summed E-state index contributed by atoms with van der Waals surface area (Å²) < 4.78 is 8.80. The summed E-state index contributed by atoms with van der Waals surface area (Å²) >= 11 is 2.37. The lowest BCUT2D eigenvalue weighted by Gasteiger charge is -2.35. The molecule has 5 heteroatoms. The number of aromatic nitrogens is 2. The number of pyridine rings is 1. The van der Waals surface area contributed by atoms with Gasteiger partial charge >= 0.3 is 0 Å². The van der Waals surface area contributed by atoms with Crippen LogP contribution >= 0.6 is 22.6 Å². The van der Waals surface area contributed by atoms with Crippen molar-refractivity contribution in [2.75, 3.05) is 24.7 Å². The van der Waals surface area contributed by atoms with Crippen LogP contribution in [0.2, 0.25) is 0 Å². The van der Waals surface area contributed by atoms with Crippen LogP contribution in [0.3, 0.4) is 0 Å². The van der Waals surface area contributed by atoms with E-state index >= 15 is 0 Å². The fourth-order valence-corrected chi connectivity index (χ4v) is 3.29. The van der Waals surface area contributed by atoms with Crippen LogP contribution in [0.25, 0.3) is 11.0 Å². The predicted molar refractivity (Wildman–Crippen MR) is 81.1 cm³/mol. The number of ether oxygens (including phenoxy) is 1. The van der Waals surface area contributed by atoms with Gasteiger partial charge in [-0.3, -0.25) is 0 Å². The van der Waals surface area contributed by atoms with Gasteiger partial charge in [0.2, 0.25) is 0 Å². The normalized spacial score (nSPS) is 20.6. The Morgan fingerprint density at radius 2 is 2.33 bits per heavy atom. The van der Waals surface area contributed by atoms with Crippen LogP contribution in [-0.4, -0.2) is 35.4 Å². The summed E-state index contributed by atoms with van der Waals surface area (Å²) in [4.78, 5) is 6.96. The van der Waals surface area contributed by atoms with E-state index in [1.807, 2.05) is 13.2 Å². The average molecular weight is 357 g/mol. The van der Waals surface area contributed by atoms with Gasteiger partial charge in [-0.15, -0.1) is 0 Å². The monoisotopic (exact) mass is 357 g/mol. The maximum atomic E-state index is 5.48. The van der Waals surface area contributed by atoms with Gasteiger partial charge in [-0.25, -0.2) is 4.98 Å². The van der Waals surface area contributed by atoms with Crippen molar-refractivity contribution in [2.24, 2.45) is 7.05 Å². The topological polar surface area (TPSA) is 30.3 Å². The number of fused-ring (bicyclic) bond motifs is 1. The molecule has 1 unspecified atom stereocenters. The van der Waals surface area contributed by atoms with Crippen LogP contribution in [0.1, 0.15) is 6.92 Å². The standard InChI is InChI=1S/C13H16IN3O/c1-9-8-18-4-3-17(9)10-5-11-12(14)7-16(2)13(11)15-6-10/h5-7,9H,3-4,8H2,1-2H3. The van der Waals surface area contributed by atoms with Crippen LogP contribution in [0.5, 0.6) is 0 Å². The van der Waals surface area contributed by atoms with Crippen LogP contribution in [-0.2, 0) is 11.8 Å². The molecule has 1 saturated heterocycles. The fourth-order valence-electron chi connectivity index (χ4n) is 2.47. The molecule has 0 radical (unpaired) electrons. The minimum Gasteiger partial charge on any atom is -0.377 e. The Morgan fingerprint density at radius 1 is 1.50 bits per heavy atom. The van der Waals surface area contributed by atoms with Gasteiger partial charge in [-0.2, -0.15) is 0 Å². The summed E-state index contributed by atoms with van der Waals surface area (Å²) in [6.07, 6.45) is 4.09. The van der Waals surface area contributed by atoms with E-state index in [1.165, 1.54) is 14.6 Å². The lowest BCUT2D eigenvalue weighted by molar-refractivity contribution is 0.0989. The molecule has 18 heavy (non-hydrogen) atoms. The first-order valence-corrected chi connectivity index (χ1v) is 7.19. The Bertz CT molecular complexity index is 581. The minimum atomic E-state index is 0.416. The van der Waals surface area contributed by atoms with E-state index in [4.69, 9.17) is 4.74 Å². The van der Waals surface area contributed by atoms with Gasteiger partial charge in [-0.1, -0.05) is 0 Å². The second kappa shape index (κ2) is 4.70. The number of halogens is 1. The maximum Gasteiger partial charge on any atom is 0.140 e. The molecule has 0 amide bonds. The highest BCUT2D eigenvalue weighted by Gasteiger charge is 2.20. The SMILES string of the molecule is CC1COCCN1c1cnc2c(c1)c(I)cn2C. The van der Waals surface area contributed by atoms with E-state index < -0.39 is 0 Å². The van der Waals surface area contributed by atoms with Gasteiger partial charge < -0.3 is 14.2 Å². The third-order valence-corrected chi connectivity index (χ3v) is 4.31. The summed E-state index contributed by atoms with van der Waals surface area (Å²) in [5.74, 6) is 0.